The highest BCUT2D eigenvalue weighted by Crippen LogP contribution is 2.31. The SMILES string of the molecule is COC(=O)[C@H]1CCCCN1S(=O)(=O)c1ccc(Cl)s1. The van der Waals surface area contributed by atoms with Crippen molar-refractivity contribution in [2.45, 2.75) is 29.5 Å². The number of piperidine rings is 1. The molecule has 0 saturated carbocycles. The van der Waals surface area contributed by atoms with Crippen molar-refractivity contribution in [1.29, 1.82) is 0 Å². The van der Waals surface area contributed by atoms with Crippen LogP contribution in [0.15, 0.2) is 16.3 Å². The number of esters is 1. The Hall–Kier alpha value is -0.630. The normalized spacial score (nSPS) is 21.3. The van der Waals surface area contributed by atoms with Gasteiger partial charge in [-0.05, 0) is 31.4 Å². The Kier molecular flexibility index (Phi) is 4.50. The number of ether oxygens (including phenoxy) is 1. The molecule has 0 spiro atoms. The predicted molar refractivity (Wildman–Crippen MR) is 72.9 cm³/mol. The van der Waals surface area contributed by atoms with Gasteiger partial charge in [0.2, 0.25) is 0 Å². The first kappa shape index (κ1) is 14.8. The number of nitrogens with zero attached hydrogens (tertiary/aromatic N) is 1. The Labute approximate surface area is 121 Å². The number of hydrogen-bond acceptors (Lipinski definition) is 5. The molecule has 2 heterocycles. The van der Waals surface area contributed by atoms with E-state index in [9.17, 15) is 13.2 Å². The molecule has 0 aromatic carbocycles. The fourth-order valence-corrected chi connectivity index (χ4v) is 5.38. The summed E-state index contributed by atoms with van der Waals surface area (Å²) in [6, 6.07) is 2.27. The molecule has 1 aromatic heterocycles. The largest absolute Gasteiger partial charge is 0.468 e. The summed E-state index contributed by atoms with van der Waals surface area (Å²) in [6.45, 7) is 0.331. The second-order valence-electron chi connectivity index (χ2n) is 4.21. The van der Waals surface area contributed by atoms with Crippen molar-refractivity contribution in [3.8, 4) is 0 Å². The zero-order valence-electron chi connectivity index (χ0n) is 10.3. The van der Waals surface area contributed by atoms with Crippen molar-refractivity contribution in [2.75, 3.05) is 13.7 Å². The van der Waals surface area contributed by atoms with Gasteiger partial charge in [-0.15, -0.1) is 11.3 Å². The average Bonchev–Trinajstić information content (AvgIpc) is 2.85. The van der Waals surface area contributed by atoms with E-state index in [-0.39, 0.29) is 4.21 Å². The highest BCUT2D eigenvalue weighted by Gasteiger charge is 2.38. The van der Waals surface area contributed by atoms with Crippen molar-refractivity contribution in [3.05, 3.63) is 16.5 Å². The third kappa shape index (κ3) is 2.94. The number of carbonyl (C=O) groups is 1. The minimum Gasteiger partial charge on any atom is -0.468 e. The van der Waals surface area contributed by atoms with Gasteiger partial charge in [-0.25, -0.2) is 8.42 Å². The molecule has 5 nitrogen and oxygen atoms in total. The zero-order valence-corrected chi connectivity index (χ0v) is 12.7. The van der Waals surface area contributed by atoms with Crippen LogP contribution in [0.2, 0.25) is 4.34 Å². The van der Waals surface area contributed by atoms with Crippen LogP contribution in [0.25, 0.3) is 0 Å². The molecule has 1 saturated heterocycles. The smallest absolute Gasteiger partial charge is 0.324 e. The molecule has 8 heteroatoms. The summed E-state index contributed by atoms with van der Waals surface area (Å²) in [7, 11) is -2.41. The van der Waals surface area contributed by atoms with E-state index in [1.165, 1.54) is 23.5 Å². The summed E-state index contributed by atoms with van der Waals surface area (Å²) in [6.07, 6.45) is 2.05. The fourth-order valence-electron chi connectivity index (χ4n) is 2.12. The Morgan fingerprint density at radius 2 is 2.21 bits per heavy atom. The Bertz CT molecular complexity index is 569. The molecule has 0 radical (unpaired) electrons. The van der Waals surface area contributed by atoms with Crippen LogP contribution >= 0.6 is 22.9 Å². The van der Waals surface area contributed by atoms with Crippen LogP contribution in [0.3, 0.4) is 0 Å². The lowest BCUT2D eigenvalue weighted by Crippen LogP contribution is -2.48. The number of methoxy groups -OCH3 is 1. The molecule has 0 unspecified atom stereocenters. The van der Waals surface area contributed by atoms with Gasteiger partial charge in [0.25, 0.3) is 10.0 Å². The third-order valence-corrected chi connectivity index (χ3v) is 6.65. The molecular formula is C11H14ClNO4S2. The zero-order chi connectivity index (χ0) is 14.0. The molecule has 0 amide bonds. The highest BCUT2D eigenvalue weighted by atomic mass is 35.5. The molecule has 1 aromatic rings. The lowest BCUT2D eigenvalue weighted by Gasteiger charge is -2.32. The molecule has 19 heavy (non-hydrogen) atoms. The highest BCUT2D eigenvalue weighted by molar-refractivity contribution is 7.91. The fraction of sp³-hybridized carbons (Fsp3) is 0.545. The number of carbonyl (C=O) groups excluding carboxylic acids is 1. The van der Waals surface area contributed by atoms with Crippen molar-refractivity contribution in [1.82, 2.24) is 4.31 Å². The van der Waals surface area contributed by atoms with Gasteiger partial charge in [0, 0.05) is 6.54 Å². The van der Waals surface area contributed by atoms with Gasteiger partial charge in [-0.1, -0.05) is 11.6 Å². The van der Waals surface area contributed by atoms with E-state index in [1.807, 2.05) is 0 Å². The summed E-state index contributed by atoms with van der Waals surface area (Å²) in [5, 5.41) is 0. The molecule has 0 bridgehead atoms. The molecule has 1 aliphatic heterocycles. The number of halogens is 1. The first-order valence-electron chi connectivity index (χ1n) is 5.82. The first-order valence-corrected chi connectivity index (χ1v) is 8.45. The summed E-state index contributed by atoms with van der Waals surface area (Å²) in [4.78, 5) is 11.7. The van der Waals surface area contributed by atoms with E-state index in [0.29, 0.717) is 17.3 Å². The number of thiophene rings is 1. The summed E-state index contributed by atoms with van der Waals surface area (Å²) < 4.78 is 31.5. The van der Waals surface area contributed by atoms with Crippen LogP contribution in [0, 0.1) is 0 Å². The summed E-state index contributed by atoms with van der Waals surface area (Å²) >= 11 is 6.77. The van der Waals surface area contributed by atoms with E-state index in [4.69, 9.17) is 11.6 Å². The summed E-state index contributed by atoms with van der Waals surface area (Å²) in [5.41, 5.74) is 0. The van der Waals surface area contributed by atoms with E-state index in [1.54, 1.807) is 0 Å². The second-order valence-corrected chi connectivity index (χ2v) is 8.04. The molecule has 1 fully saturated rings. The van der Waals surface area contributed by atoms with Crippen molar-refractivity contribution in [2.24, 2.45) is 0 Å². The van der Waals surface area contributed by atoms with E-state index in [0.717, 1.165) is 24.2 Å². The van der Waals surface area contributed by atoms with Gasteiger partial charge in [-0.3, -0.25) is 4.79 Å². The van der Waals surface area contributed by atoms with Crippen molar-refractivity contribution < 1.29 is 17.9 Å². The van der Waals surface area contributed by atoms with Gasteiger partial charge in [-0.2, -0.15) is 4.31 Å². The molecule has 1 aliphatic rings. The van der Waals surface area contributed by atoms with Crippen LogP contribution in [-0.4, -0.2) is 38.4 Å². The topological polar surface area (TPSA) is 63.7 Å². The van der Waals surface area contributed by atoms with Crippen LogP contribution in [0.1, 0.15) is 19.3 Å². The lowest BCUT2D eigenvalue weighted by atomic mass is 10.1. The molecular weight excluding hydrogens is 310 g/mol. The third-order valence-electron chi connectivity index (χ3n) is 3.04. The Morgan fingerprint density at radius 3 is 2.79 bits per heavy atom. The van der Waals surface area contributed by atoms with Gasteiger partial charge in [0.15, 0.2) is 0 Å². The Morgan fingerprint density at radius 1 is 1.47 bits per heavy atom. The summed E-state index contributed by atoms with van der Waals surface area (Å²) in [5.74, 6) is -0.508. The number of rotatable bonds is 3. The van der Waals surface area contributed by atoms with Gasteiger partial charge >= 0.3 is 5.97 Å². The predicted octanol–water partition coefficient (Wildman–Crippen LogP) is 2.12. The van der Waals surface area contributed by atoms with E-state index in [2.05, 4.69) is 4.74 Å². The van der Waals surface area contributed by atoms with Crippen molar-refractivity contribution in [3.63, 3.8) is 0 Å². The number of sulfonamides is 1. The maximum absolute atomic E-state index is 12.5. The molecule has 0 N–H and O–H groups in total. The lowest BCUT2D eigenvalue weighted by molar-refractivity contribution is -0.146. The molecule has 106 valence electrons. The minimum atomic E-state index is -3.68. The van der Waals surface area contributed by atoms with Gasteiger partial charge < -0.3 is 4.74 Å². The average molecular weight is 324 g/mol. The molecule has 0 aliphatic carbocycles. The van der Waals surface area contributed by atoms with Crippen LogP contribution in [-0.2, 0) is 19.6 Å². The standard InChI is InChI=1S/C11H14ClNO4S2/c1-17-11(14)8-4-2-3-7-13(8)19(15,16)10-6-5-9(12)18-10/h5-6,8H,2-4,7H2,1H3/t8-/m1/s1. The van der Waals surface area contributed by atoms with Gasteiger partial charge in [0.05, 0.1) is 11.4 Å². The van der Waals surface area contributed by atoms with Crippen molar-refractivity contribution >= 4 is 38.9 Å². The molecule has 1 atom stereocenters. The van der Waals surface area contributed by atoms with Crippen LogP contribution < -0.4 is 0 Å². The quantitative estimate of drug-likeness (QED) is 0.799. The van der Waals surface area contributed by atoms with E-state index >= 15 is 0 Å². The maximum Gasteiger partial charge on any atom is 0.324 e. The van der Waals surface area contributed by atoms with Crippen LogP contribution in [0.4, 0.5) is 0 Å². The maximum atomic E-state index is 12.5. The van der Waals surface area contributed by atoms with Crippen LogP contribution in [0.5, 0.6) is 0 Å². The van der Waals surface area contributed by atoms with E-state index < -0.39 is 22.0 Å². The van der Waals surface area contributed by atoms with Gasteiger partial charge in [0.1, 0.15) is 10.3 Å². The number of hydrogen-bond donors (Lipinski definition) is 0. The Balaban J connectivity index is 2.34. The second kappa shape index (κ2) is 5.78. The first-order chi connectivity index (χ1) is 8.96. The minimum absolute atomic E-state index is 0.160. The monoisotopic (exact) mass is 323 g/mol. The molecule has 2 rings (SSSR count).